The number of halogens is 2. The number of benzene rings is 3. The number of aromatic nitrogens is 3. The Balaban J connectivity index is 1.22. The van der Waals surface area contributed by atoms with E-state index in [2.05, 4.69) is 20.6 Å². The van der Waals surface area contributed by atoms with Crippen LogP contribution in [0.2, 0.25) is 0 Å². The van der Waals surface area contributed by atoms with Gasteiger partial charge in [0, 0.05) is 12.1 Å². The third-order valence-corrected chi connectivity index (χ3v) is 8.62. The zero-order valence-electron chi connectivity index (χ0n) is 22.6. The van der Waals surface area contributed by atoms with E-state index in [1.807, 2.05) is 47.8 Å². The average molecular weight is 615 g/mol. The summed E-state index contributed by atoms with van der Waals surface area (Å²) < 4.78 is 29.5. The molecule has 1 aliphatic heterocycles. The van der Waals surface area contributed by atoms with Gasteiger partial charge in [-0.2, -0.15) is 5.10 Å². The van der Waals surface area contributed by atoms with Crippen LogP contribution in [0.25, 0.3) is 5.69 Å². The summed E-state index contributed by atoms with van der Waals surface area (Å²) >= 11 is 2.73. The van der Waals surface area contributed by atoms with Crippen molar-refractivity contribution in [1.82, 2.24) is 25.1 Å². The molecule has 3 heterocycles. The van der Waals surface area contributed by atoms with E-state index in [-0.39, 0.29) is 35.6 Å². The monoisotopic (exact) mass is 614 g/mol. The van der Waals surface area contributed by atoms with Crippen molar-refractivity contribution in [2.75, 3.05) is 5.75 Å². The van der Waals surface area contributed by atoms with Crippen LogP contribution in [-0.4, -0.2) is 43.1 Å². The summed E-state index contributed by atoms with van der Waals surface area (Å²) in [6, 6.07) is 24.7. The van der Waals surface area contributed by atoms with Crippen molar-refractivity contribution in [1.29, 1.82) is 0 Å². The first-order chi connectivity index (χ1) is 21.0. The van der Waals surface area contributed by atoms with Crippen molar-refractivity contribution in [3.63, 3.8) is 0 Å². The lowest BCUT2D eigenvalue weighted by molar-refractivity contribution is -0.130. The second kappa shape index (κ2) is 12.7. The Labute approximate surface area is 254 Å². The number of carbonyl (C=O) groups excluding carboxylic acids is 2. The smallest absolute Gasteiger partial charge is 0.254 e. The molecule has 0 saturated heterocycles. The maximum absolute atomic E-state index is 14.1. The molecule has 0 unspecified atom stereocenters. The van der Waals surface area contributed by atoms with Crippen LogP contribution < -0.4 is 5.32 Å². The molecule has 0 spiro atoms. The number of carbonyl (C=O) groups is 2. The lowest BCUT2D eigenvalue weighted by atomic mass is 10.0. The van der Waals surface area contributed by atoms with Crippen LogP contribution in [0.1, 0.15) is 39.1 Å². The third-order valence-electron chi connectivity index (χ3n) is 6.79. The Morgan fingerprint density at radius 3 is 2.44 bits per heavy atom. The largest absolute Gasteiger partial charge is 0.345 e. The van der Waals surface area contributed by atoms with Gasteiger partial charge in [0.1, 0.15) is 11.6 Å². The number of amides is 2. The van der Waals surface area contributed by atoms with Crippen molar-refractivity contribution in [2.24, 2.45) is 5.10 Å². The number of thiophene rings is 1. The molecule has 12 heteroatoms. The van der Waals surface area contributed by atoms with Crippen molar-refractivity contribution in [3.05, 3.63) is 130 Å². The number of rotatable bonds is 9. The molecule has 2 aromatic heterocycles. The minimum absolute atomic E-state index is 0.00542. The maximum Gasteiger partial charge on any atom is 0.254 e. The molecule has 6 rings (SSSR count). The fraction of sp³-hybridized carbons (Fsp3) is 0.129. The first-order valence-corrected chi connectivity index (χ1v) is 15.2. The molecule has 5 aromatic rings. The van der Waals surface area contributed by atoms with E-state index in [1.165, 1.54) is 47.1 Å². The summed E-state index contributed by atoms with van der Waals surface area (Å²) in [6.07, 6.45) is 0.509. The third kappa shape index (κ3) is 6.25. The predicted octanol–water partition coefficient (Wildman–Crippen LogP) is 6.01. The first-order valence-electron chi connectivity index (χ1n) is 13.3. The van der Waals surface area contributed by atoms with Gasteiger partial charge in [0.15, 0.2) is 11.0 Å². The highest BCUT2D eigenvalue weighted by molar-refractivity contribution is 7.99. The molecule has 1 atom stereocenters. The van der Waals surface area contributed by atoms with Gasteiger partial charge < -0.3 is 5.32 Å². The number of hydrogen-bond acceptors (Lipinski definition) is 7. The molecule has 1 aliphatic rings. The lowest BCUT2D eigenvalue weighted by Gasteiger charge is -2.22. The molecule has 3 aromatic carbocycles. The molecule has 0 fully saturated rings. The SMILES string of the molecule is O=C(NCc1nnc(SCC(=O)N2N=C(c3cccs3)C[C@H]2c2ccc(F)cc2)n1-c1ccccc1)c1ccccc1F. The minimum atomic E-state index is -0.620. The van der Waals surface area contributed by atoms with Gasteiger partial charge in [-0.3, -0.25) is 14.2 Å². The van der Waals surface area contributed by atoms with Gasteiger partial charge in [-0.25, -0.2) is 13.8 Å². The molecule has 2 amide bonds. The quantitative estimate of drug-likeness (QED) is 0.206. The van der Waals surface area contributed by atoms with E-state index in [0.717, 1.165) is 21.8 Å². The Bertz CT molecular complexity index is 1780. The van der Waals surface area contributed by atoms with Gasteiger partial charge in [-0.1, -0.05) is 60.3 Å². The molecule has 0 saturated carbocycles. The number of thioether (sulfide) groups is 1. The molecule has 8 nitrogen and oxygen atoms in total. The molecular formula is C31H24F2N6O2S2. The fourth-order valence-corrected chi connectivity index (χ4v) is 6.26. The number of hydrogen-bond donors (Lipinski definition) is 1. The molecular weight excluding hydrogens is 591 g/mol. The minimum Gasteiger partial charge on any atom is -0.345 e. The highest BCUT2D eigenvalue weighted by Crippen LogP contribution is 2.35. The predicted molar refractivity (Wildman–Crippen MR) is 161 cm³/mol. The van der Waals surface area contributed by atoms with Gasteiger partial charge in [0.2, 0.25) is 0 Å². The van der Waals surface area contributed by atoms with Gasteiger partial charge in [0.25, 0.3) is 11.8 Å². The highest BCUT2D eigenvalue weighted by Gasteiger charge is 2.33. The Morgan fingerprint density at radius 2 is 1.70 bits per heavy atom. The second-order valence-electron chi connectivity index (χ2n) is 9.55. The Hall–Kier alpha value is -4.68. The number of nitrogens with one attached hydrogen (secondary N) is 1. The van der Waals surface area contributed by atoms with Crippen LogP contribution in [0.5, 0.6) is 0 Å². The van der Waals surface area contributed by atoms with Crippen molar-refractivity contribution in [3.8, 4) is 5.69 Å². The van der Waals surface area contributed by atoms with Crippen LogP contribution in [0, 0.1) is 11.6 Å². The van der Waals surface area contributed by atoms with Gasteiger partial charge in [-0.05, 0) is 53.4 Å². The van der Waals surface area contributed by atoms with Crippen LogP contribution in [-0.2, 0) is 11.3 Å². The zero-order valence-corrected chi connectivity index (χ0v) is 24.2. The number of para-hydroxylation sites is 1. The topological polar surface area (TPSA) is 92.5 Å². The van der Waals surface area contributed by atoms with Gasteiger partial charge >= 0.3 is 0 Å². The number of hydrazone groups is 1. The van der Waals surface area contributed by atoms with Gasteiger partial charge in [0.05, 0.1) is 34.5 Å². The summed E-state index contributed by atoms with van der Waals surface area (Å²) in [4.78, 5) is 27.2. The van der Waals surface area contributed by atoms with E-state index >= 15 is 0 Å². The van der Waals surface area contributed by atoms with Gasteiger partial charge in [-0.15, -0.1) is 21.5 Å². The molecule has 43 heavy (non-hydrogen) atoms. The molecule has 0 radical (unpaired) electrons. The normalized spacial score (nSPS) is 14.5. The van der Waals surface area contributed by atoms with Crippen molar-refractivity contribution >= 4 is 40.6 Å². The lowest BCUT2D eigenvalue weighted by Crippen LogP contribution is -2.28. The van der Waals surface area contributed by atoms with Crippen LogP contribution in [0.3, 0.4) is 0 Å². The summed E-state index contributed by atoms with van der Waals surface area (Å²) in [6.45, 7) is -0.0171. The molecule has 1 N–H and O–H groups in total. The fourth-order valence-electron chi connectivity index (χ4n) is 4.71. The molecule has 0 aliphatic carbocycles. The standard InChI is InChI=1S/C31H24F2N6O2S2/c32-21-14-12-20(13-15-21)26-17-25(27-11-6-16-42-27)37-39(26)29(40)19-43-31-36-35-28(38(31)22-7-2-1-3-8-22)18-34-30(41)23-9-4-5-10-24(23)33/h1-16,26H,17-19H2,(H,34,41)/t26-/m0/s1. The second-order valence-corrected chi connectivity index (χ2v) is 11.4. The first kappa shape index (κ1) is 28.4. The van der Waals surface area contributed by atoms with E-state index < -0.39 is 11.7 Å². The van der Waals surface area contributed by atoms with E-state index in [9.17, 15) is 18.4 Å². The Kier molecular flexibility index (Phi) is 8.38. The zero-order chi connectivity index (χ0) is 29.8. The van der Waals surface area contributed by atoms with Crippen molar-refractivity contribution < 1.29 is 18.4 Å². The summed E-state index contributed by atoms with van der Waals surface area (Å²) in [7, 11) is 0. The van der Waals surface area contributed by atoms with Crippen LogP contribution in [0.4, 0.5) is 8.78 Å². The van der Waals surface area contributed by atoms with E-state index in [4.69, 9.17) is 0 Å². The highest BCUT2D eigenvalue weighted by atomic mass is 32.2. The molecule has 0 bridgehead atoms. The van der Waals surface area contributed by atoms with E-state index in [0.29, 0.717) is 17.4 Å². The Morgan fingerprint density at radius 1 is 0.930 bits per heavy atom. The van der Waals surface area contributed by atoms with Crippen molar-refractivity contribution in [2.45, 2.75) is 24.2 Å². The molecule has 216 valence electrons. The average Bonchev–Trinajstić information content (AvgIpc) is 3.80. The summed E-state index contributed by atoms with van der Waals surface area (Å²) in [5.41, 5.74) is 2.25. The number of nitrogens with zero attached hydrogens (tertiary/aromatic N) is 5. The van der Waals surface area contributed by atoms with Crippen LogP contribution in [0.15, 0.2) is 107 Å². The maximum atomic E-state index is 14.1. The van der Waals surface area contributed by atoms with E-state index in [1.54, 1.807) is 34.1 Å². The summed E-state index contributed by atoms with van der Waals surface area (Å²) in [5.74, 6) is -1.38. The van der Waals surface area contributed by atoms with Crippen LogP contribution >= 0.6 is 23.1 Å². The summed E-state index contributed by atoms with van der Waals surface area (Å²) in [5, 5.41) is 19.8.